The molecule has 0 bridgehead atoms. The topological polar surface area (TPSA) is 85.4 Å². The van der Waals surface area contributed by atoms with Gasteiger partial charge in [-0.1, -0.05) is 25.4 Å². The van der Waals surface area contributed by atoms with Crippen molar-refractivity contribution in [2.75, 3.05) is 26.8 Å². The Hall–Kier alpha value is -2.68. The molecule has 182 valence electrons. The van der Waals surface area contributed by atoms with Crippen molar-refractivity contribution < 1.29 is 13.9 Å². The largest absolute Gasteiger partial charge is 0.460 e. The number of methoxy groups -OCH3 is 1. The molecule has 3 heterocycles. The number of ether oxygens (including phenoxy) is 1. The first kappa shape index (κ1) is 24.4. The average molecular weight is 486 g/mol. The number of amides is 1. The van der Waals surface area contributed by atoms with Crippen LogP contribution in [0.4, 0.5) is 0 Å². The lowest BCUT2D eigenvalue weighted by molar-refractivity contribution is -0.125. The maximum atomic E-state index is 12.2. The summed E-state index contributed by atoms with van der Waals surface area (Å²) in [6.45, 7) is 7.50. The Morgan fingerprint density at radius 1 is 1.15 bits per heavy atom. The van der Waals surface area contributed by atoms with Gasteiger partial charge in [-0.15, -0.1) is 10.2 Å². The zero-order valence-electron chi connectivity index (χ0n) is 20.0. The molecule has 0 fully saturated rings. The number of halogens is 1. The van der Waals surface area contributed by atoms with E-state index in [1.807, 2.05) is 36.4 Å². The normalized spacial score (nSPS) is 15.2. The van der Waals surface area contributed by atoms with Gasteiger partial charge >= 0.3 is 0 Å². The van der Waals surface area contributed by atoms with Crippen molar-refractivity contribution in [2.45, 2.75) is 45.8 Å². The minimum Gasteiger partial charge on any atom is -0.460 e. The number of hydrogen-bond donors (Lipinski definition) is 1. The molecule has 0 spiro atoms. The Labute approximate surface area is 205 Å². The summed E-state index contributed by atoms with van der Waals surface area (Å²) in [6, 6.07) is 11.5. The highest BCUT2D eigenvalue weighted by atomic mass is 35.5. The van der Waals surface area contributed by atoms with Gasteiger partial charge in [0.05, 0.1) is 12.6 Å². The lowest BCUT2D eigenvalue weighted by Gasteiger charge is -2.22. The third-order valence-corrected chi connectivity index (χ3v) is 6.20. The van der Waals surface area contributed by atoms with Crippen LogP contribution >= 0.6 is 11.6 Å². The van der Waals surface area contributed by atoms with E-state index in [2.05, 4.69) is 38.8 Å². The third kappa shape index (κ3) is 6.05. The predicted molar refractivity (Wildman–Crippen MR) is 130 cm³/mol. The van der Waals surface area contributed by atoms with E-state index in [9.17, 15) is 4.79 Å². The molecule has 0 saturated carbocycles. The average Bonchev–Trinajstić information content (AvgIpc) is 3.37. The summed E-state index contributed by atoms with van der Waals surface area (Å²) in [5, 5.41) is 12.7. The molecule has 1 atom stereocenters. The lowest BCUT2D eigenvalue weighted by Crippen LogP contribution is -2.34. The van der Waals surface area contributed by atoms with Crippen LogP contribution < -0.4 is 5.32 Å². The van der Waals surface area contributed by atoms with Crippen LogP contribution in [0.25, 0.3) is 11.3 Å². The monoisotopic (exact) mass is 485 g/mol. The van der Waals surface area contributed by atoms with Crippen LogP contribution in [0.15, 0.2) is 40.8 Å². The van der Waals surface area contributed by atoms with E-state index in [4.69, 9.17) is 20.8 Å². The van der Waals surface area contributed by atoms with Gasteiger partial charge in [-0.05, 0) is 48.7 Å². The van der Waals surface area contributed by atoms with Crippen molar-refractivity contribution >= 4 is 17.5 Å². The summed E-state index contributed by atoms with van der Waals surface area (Å²) in [5.41, 5.74) is 1.01. The minimum atomic E-state index is -0.192. The van der Waals surface area contributed by atoms with Crippen LogP contribution in [-0.2, 0) is 29.0 Å². The number of benzene rings is 1. The Morgan fingerprint density at radius 2 is 1.94 bits per heavy atom. The van der Waals surface area contributed by atoms with Gasteiger partial charge in [0.1, 0.15) is 24.0 Å². The Bertz CT molecular complexity index is 1090. The number of furan rings is 1. The van der Waals surface area contributed by atoms with Gasteiger partial charge in [0.15, 0.2) is 5.82 Å². The molecular formula is C25H32ClN5O3. The van der Waals surface area contributed by atoms with E-state index in [1.54, 1.807) is 0 Å². The molecule has 8 nitrogen and oxygen atoms in total. The highest BCUT2D eigenvalue weighted by Crippen LogP contribution is 2.26. The first-order valence-corrected chi connectivity index (χ1v) is 12.1. The van der Waals surface area contributed by atoms with Crippen molar-refractivity contribution in [1.82, 2.24) is 25.0 Å². The quantitative estimate of drug-likeness (QED) is 0.491. The molecule has 4 rings (SSSR count). The van der Waals surface area contributed by atoms with Gasteiger partial charge < -0.3 is 19.0 Å². The van der Waals surface area contributed by atoms with Crippen LogP contribution in [0.2, 0.25) is 5.02 Å². The number of nitrogens with one attached hydrogen (secondary N) is 1. The molecule has 0 saturated heterocycles. The molecule has 0 aliphatic carbocycles. The second-order valence-corrected chi connectivity index (χ2v) is 9.54. The van der Waals surface area contributed by atoms with Crippen molar-refractivity contribution in [3.05, 3.63) is 58.8 Å². The Kier molecular flexibility index (Phi) is 8.03. The van der Waals surface area contributed by atoms with Crippen molar-refractivity contribution in [3.63, 3.8) is 0 Å². The summed E-state index contributed by atoms with van der Waals surface area (Å²) in [5.74, 6) is 3.79. The first-order valence-electron chi connectivity index (χ1n) is 11.7. The molecule has 1 aliphatic heterocycles. The van der Waals surface area contributed by atoms with Crippen LogP contribution in [0.5, 0.6) is 0 Å². The zero-order valence-corrected chi connectivity index (χ0v) is 20.7. The first-order chi connectivity index (χ1) is 16.4. The van der Waals surface area contributed by atoms with Gasteiger partial charge in [0.2, 0.25) is 5.91 Å². The second-order valence-electron chi connectivity index (χ2n) is 9.11. The van der Waals surface area contributed by atoms with Crippen molar-refractivity contribution in [2.24, 2.45) is 5.92 Å². The standard InChI is InChI=1S/C25H32ClN5O3/c1-17(2)14-21(27-24(32)16-33-3)25-29-28-23-10-11-30(12-13-31(23)25)15-20-8-9-22(34-20)18-4-6-19(26)7-5-18/h4-9,17,21H,10-16H2,1-3H3,(H,27,32). The maximum absolute atomic E-state index is 12.2. The summed E-state index contributed by atoms with van der Waals surface area (Å²) >= 11 is 6.00. The van der Waals surface area contributed by atoms with Crippen LogP contribution in [0.3, 0.4) is 0 Å². The molecule has 34 heavy (non-hydrogen) atoms. The number of nitrogens with zero attached hydrogens (tertiary/aromatic N) is 4. The van der Waals surface area contributed by atoms with E-state index in [-0.39, 0.29) is 18.6 Å². The van der Waals surface area contributed by atoms with Crippen LogP contribution in [0.1, 0.15) is 43.7 Å². The number of carbonyl (C=O) groups is 1. The number of fused-ring (bicyclic) bond motifs is 1. The van der Waals surface area contributed by atoms with Gasteiger partial charge in [-0.3, -0.25) is 9.69 Å². The highest BCUT2D eigenvalue weighted by Gasteiger charge is 2.26. The van der Waals surface area contributed by atoms with Crippen LogP contribution in [-0.4, -0.2) is 52.4 Å². The van der Waals surface area contributed by atoms with E-state index < -0.39 is 0 Å². The van der Waals surface area contributed by atoms with Gasteiger partial charge in [-0.25, -0.2) is 0 Å². The molecule has 1 N–H and O–H groups in total. The summed E-state index contributed by atoms with van der Waals surface area (Å²) < 4.78 is 13.3. The minimum absolute atomic E-state index is 0.0323. The predicted octanol–water partition coefficient (Wildman–Crippen LogP) is 4.10. The summed E-state index contributed by atoms with van der Waals surface area (Å²) in [7, 11) is 1.52. The Balaban J connectivity index is 1.43. The fraction of sp³-hybridized carbons (Fsp3) is 0.480. The SMILES string of the molecule is COCC(=O)NC(CC(C)C)c1nnc2n1CCN(Cc1ccc(-c3ccc(Cl)cc3)o1)CC2. The molecule has 1 aromatic carbocycles. The van der Waals surface area contributed by atoms with Crippen LogP contribution in [0, 0.1) is 5.92 Å². The molecule has 9 heteroatoms. The zero-order chi connectivity index (χ0) is 24.1. The van der Waals surface area contributed by atoms with E-state index in [1.165, 1.54) is 7.11 Å². The van der Waals surface area contributed by atoms with E-state index in [0.717, 1.165) is 67.8 Å². The molecule has 1 amide bonds. The molecule has 3 aromatic rings. The van der Waals surface area contributed by atoms with Crippen molar-refractivity contribution in [3.8, 4) is 11.3 Å². The maximum Gasteiger partial charge on any atom is 0.246 e. The number of rotatable bonds is 9. The van der Waals surface area contributed by atoms with Gasteiger partial charge in [0, 0.05) is 43.8 Å². The van der Waals surface area contributed by atoms with E-state index in [0.29, 0.717) is 10.9 Å². The van der Waals surface area contributed by atoms with Gasteiger partial charge in [-0.2, -0.15) is 0 Å². The fourth-order valence-corrected chi connectivity index (χ4v) is 4.45. The van der Waals surface area contributed by atoms with Gasteiger partial charge in [0.25, 0.3) is 0 Å². The molecule has 1 aliphatic rings. The number of carbonyl (C=O) groups excluding carboxylic acids is 1. The van der Waals surface area contributed by atoms with Crippen molar-refractivity contribution in [1.29, 1.82) is 0 Å². The number of hydrogen-bond acceptors (Lipinski definition) is 6. The number of aromatic nitrogens is 3. The second kappa shape index (κ2) is 11.2. The molecular weight excluding hydrogens is 454 g/mol. The molecule has 2 aromatic heterocycles. The highest BCUT2D eigenvalue weighted by molar-refractivity contribution is 6.30. The fourth-order valence-electron chi connectivity index (χ4n) is 4.32. The smallest absolute Gasteiger partial charge is 0.246 e. The third-order valence-electron chi connectivity index (χ3n) is 5.95. The summed E-state index contributed by atoms with van der Waals surface area (Å²) in [4.78, 5) is 14.6. The molecule has 0 radical (unpaired) electrons. The lowest BCUT2D eigenvalue weighted by atomic mass is 10.0. The molecule has 1 unspecified atom stereocenters. The summed E-state index contributed by atoms with van der Waals surface area (Å²) in [6.07, 6.45) is 1.58. The van der Waals surface area contributed by atoms with E-state index >= 15 is 0 Å². The Morgan fingerprint density at radius 3 is 2.68 bits per heavy atom.